The summed E-state index contributed by atoms with van der Waals surface area (Å²) >= 11 is 5.87. The molecule has 0 aromatic heterocycles. The zero-order chi connectivity index (χ0) is 14.2. The fourth-order valence-corrected chi connectivity index (χ4v) is 4.37. The number of hydrogen-bond donors (Lipinski definition) is 0. The highest BCUT2D eigenvalue weighted by atomic mass is 35.5. The molecule has 0 unspecified atom stereocenters. The van der Waals surface area contributed by atoms with Gasteiger partial charge in [0, 0.05) is 31.0 Å². The molecule has 0 N–H and O–H groups in total. The number of piperidine rings is 1. The van der Waals surface area contributed by atoms with E-state index in [1.54, 1.807) is 18.2 Å². The summed E-state index contributed by atoms with van der Waals surface area (Å²) in [4.78, 5) is 0.231. The maximum Gasteiger partial charge on any atom is 0.243 e. The van der Waals surface area contributed by atoms with Gasteiger partial charge in [-0.05, 0) is 18.2 Å². The van der Waals surface area contributed by atoms with Crippen LogP contribution in [0.4, 0.5) is 0 Å². The third-order valence-corrected chi connectivity index (χ3v) is 5.86. The van der Waals surface area contributed by atoms with Gasteiger partial charge in [0.05, 0.1) is 18.1 Å². The van der Waals surface area contributed by atoms with Crippen molar-refractivity contribution in [2.24, 2.45) is 0 Å². The normalized spacial score (nSPS) is 23.2. The largest absolute Gasteiger partial charge is 0.347 e. The Labute approximate surface area is 123 Å². The van der Waals surface area contributed by atoms with E-state index < -0.39 is 15.8 Å². The molecule has 5 nitrogen and oxygen atoms in total. The molecule has 0 amide bonds. The smallest absolute Gasteiger partial charge is 0.243 e. The molecule has 110 valence electrons. The number of hydrogen-bond acceptors (Lipinski definition) is 4. The predicted molar refractivity (Wildman–Crippen MR) is 74.1 cm³/mol. The van der Waals surface area contributed by atoms with Crippen molar-refractivity contribution in [2.75, 3.05) is 26.3 Å². The van der Waals surface area contributed by atoms with Crippen molar-refractivity contribution in [3.8, 4) is 0 Å². The number of benzene rings is 1. The van der Waals surface area contributed by atoms with Gasteiger partial charge >= 0.3 is 0 Å². The second-order valence-corrected chi connectivity index (χ2v) is 7.34. The molecular weight excluding hydrogens is 302 g/mol. The van der Waals surface area contributed by atoms with Crippen molar-refractivity contribution in [1.29, 1.82) is 0 Å². The number of ether oxygens (including phenoxy) is 2. The molecule has 1 aromatic rings. The average molecular weight is 318 g/mol. The van der Waals surface area contributed by atoms with Crippen LogP contribution in [0.3, 0.4) is 0 Å². The molecule has 0 bridgehead atoms. The van der Waals surface area contributed by atoms with Gasteiger partial charge in [-0.1, -0.05) is 17.7 Å². The van der Waals surface area contributed by atoms with E-state index in [0.29, 0.717) is 44.2 Å². The minimum Gasteiger partial charge on any atom is -0.347 e. The Morgan fingerprint density at radius 1 is 1.15 bits per heavy atom. The first-order chi connectivity index (χ1) is 9.52. The molecule has 20 heavy (non-hydrogen) atoms. The van der Waals surface area contributed by atoms with Crippen LogP contribution in [-0.2, 0) is 19.5 Å². The molecule has 1 spiro atoms. The lowest BCUT2D eigenvalue weighted by atomic mass is 10.1. The lowest BCUT2D eigenvalue weighted by molar-refractivity contribution is -0.179. The molecule has 2 fully saturated rings. The summed E-state index contributed by atoms with van der Waals surface area (Å²) in [6.07, 6.45) is 1.12. The fourth-order valence-electron chi connectivity index (χ4n) is 2.63. The highest BCUT2D eigenvalue weighted by Gasteiger charge is 2.42. The predicted octanol–water partition coefficient (Wildman–Crippen LogP) is 1.87. The monoisotopic (exact) mass is 317 g/mol. The van der Waals surface area contributed by atoms with Crippen LogP contribution in [0.15, 0.2) is 29.2 Å². The lowest BCUT2D eigenvalue weighted by Crippen LogP contribution is -2.47. The van der Waals surface area contributed by atoms with E-state index in [1.165, 1.54) is 10.4 Å². The van der Waals surface area contributed by atoms with Crippen molar-refractivity contribution in [2.45, 2.75) is 23.5 Å². The summed E-state index contributed by atoms with van der Waals surface area (Å²) in [6.45, 7) is 1.96. The Morgan fingerprint density at radius 3 is 2.40 bits per heavy atom. The molecule has 0 saturated carbocycles. The molecule has 2 saturated heterocycles. The standard InChI is InChI=1S/C13H16ClNO4S/c14-11-2-1-3-12(10-11)20(16,17)15-6-4-13(5-7-15)18-8-9-19-13/h1-3,10H,4-9H2. The van der Waals surface area contributed by atoms with Gasteiger partial charge < -0.3 is 9.47 Å². The fraction of sp³-hybridized carbons (Fsp3) is 0.538. The summed E-state index contributed by atoms with van der Waals surface area (Å²) in [6, 6.07) is 6.34. The number of halogens is 1. The van der Waals surface area contributed by atoms with Gasteiger partial charge in [-0.3, -0.25) is 0 Å². The van der Waals surface area contributed by atoms with Crippen LogP contribution >= 0.6 is 11.6 Å². The first-order valence-corrected chi connectivity index (χ1v) is 8.37. The van der Waals surface area contributed by atoms with Crippen LogP contribution in [0.25, 0.3) is 0 Å². The second-order valence-electron chi connectivity index (χ2n) is 4.97. The first kappa shape index (κ1) is 14.3. The maximum absolute atomic E-state index is 12.5. The highest BCUT2D eigenvalue weighted by molar-refractivity contribution is 7.89. The Morgan fingerprint density at radius 2 is 1.80 bits per heavy atom. The number of rotatable bonds is 2. The Hall–Kier alpha value is -0.660. The number of nitrogens with zero attached hydrogens (tertiary/aromatic N) is 1. The van der Waals surface area contributed by atoms with Crippen LogP contribution in [-0.4, -0.2) is 44.8 Å². The Bertz CT molecular complexity index is 588. The summed E-state index contributed by atoms with van der Waals surface area (Å²) in [5.41, 5.74) is 0. The van der Waals surface area contributed by atoms with Gasteiger partial charge in [0.25, 0.3) is 0 Å². The topological polar surface area (TPSA) is 55.8 Å². The average Bonchev–Trinajstić information content (AvgIpc) is 2.87. The van der Waals surface area contributed by atoms with Crippen LogP contribution < -0.4 is 0 Å². The van der Waals surface area contributed by atoms with E-state index in [4.69, 9.17) is 21.1 Å². The van der Waals surface area contributed by atoms with Crippen LogP contribution in [0.1, 0.15) is 12.8 Å². The Kier molecular flexibility index (Phi) is 3.77. The molecule has 3 rings (SSSR count). The third kappa shape index (κ3) is 2.58. The van der Waals surface area contributed by atoms with Gasteiger partial charge in [-0.25, -0.2) is 8.42 Å². The second kappa shape index (κ2) is 5.27. The molecule has 0 radical (unpaired) electrons. The third-order valence-electron chi connectivity index (χ3n) is 3.73. The van der Waals surface area contributed by atoms with Gasteiger partial charge in [-0.2, -0.15) is 4.31 Å². The van der Waals surface area contributed by atoms with E-state index in [0.717, 1.165) is 0 Å². The van der Waals surface area contributed by atoms with E-state index in [1.807, 2.05) is 0 Å². The van der Waals surface area contributed by atoms with E-state index >= 15 is 0 Å². The Balaban J connectivity index is 1.77. The van der Waals surface area contributed by atoms with Crippen molar-refractivity contribution in [1.82, 2.24) is 4.31 Å². The molecular formula is C13H16ClNO4S. The molecule has 0 aliphatic carbocycles. The van der Waals surface area contributed by atoms with Crippen LogP contribution in [0.2, 0.25) is 5.02 Å². The van der Waals surface area contributed by atoms with E-state index in [-0.39, 0.29) is 4.90 Å². The van der Waals surface area contributed by atoms with Crippen LogP contribution in [0, 0.1) is 0 Å². The zero-order valence-corrected chi connectivity index (χ0v) is 12.5. The van der Waals surface area contributed by atoms with Gasteiger partial charge in [-0.15, -0.1) is 0 Å². The van der Waals surface area contributed by atoms with Crippen LogP contribution in [0.5, 0.6) is 0 Å². The highest BCUT2D eigenvalue weighted by Crippen LogP contribution is 2.33. The molecule has 7 heteroatoms. The van der Waals surface area contributed by atoms with Gasteiger partial charge in [0.2, 0.25) is 10.0 Å². The maximum atomic E-state index is 12.5. The molecule has 0 atom stereocenters. The molecule has 2 aliphatic heterocycles. The summed E-state index contributed by atoms with van der Waals surface area (Å²) in [5.74, 6) is -0.569. The van der Waals surface area contributed by atoms with Crippen molar-refractivity contribution in [3.05, 3.63) is 29.3 Å². The van der Waals surface area contributed by atoms with E-state index in [2.05, 4.69) is 0 Å². The zero-order valence-electron chi connectivity index (χ0n) is 10.9. The quantitative estimate of drug-likeness (QED) is 0.835. The van der Waals surface area contributed by atoms with Crippen molar-refractivity contribution < 1.29 is 17.9 Å². The lowest BCUT2D eigenvalue weighted by Gasteiger charge is -2.36. The molecule has 2 aliphatic rings. The minimum atomic E-state index is -3.49. The molecule has 1 aromatic carbocycles. The van der Waals surface area contributed by atoms with E-state index in [9.17, 15) is 8.42 Å². The van der Waals surface area contributed by atoms with Crippen molar-refractivity contribution >= 4 is 21.6 Å². The summed E-state index contributed by atoms with van der Waals surface area (Å²) in [7, 11) is -3.49. The van der Waals surface area contributed by atoms with Gasteiger partial charge in [0.1, 0.15) is 0 Å². The van der Waals surface area contributed by atoms with Crippen molar-refractivity contribution in [3.63, 3.8) is 0 Å². The summed E-state index contributed by atoms with van der Waals surface area (Å²) in [5, 5.41) is 0.419. The summed E-state index contributed by atoms with van der Waals surface area (Å²) < 4.78 is 37.7. The first-order valence-electron chi connectivity index (χ1n) is 6.56. The minimum absolute atomic E-state index is 0.231. The SMILES string of the molecule is O=S(=O)(c1cccc(Cl)c1)N1CCC2(CC1)OCCO2. The van der Waals surface area contributed by atoms with Gasteiger partial charge in [0.15, 0.2) is 5.79 Å². The number of sulfonamides is 1. The molecule has 2 heterocycles.